The molecule has 1 aromatic rings. The van der Waals surface area contributed by atoms with Crippen molar-refractivity contribution in [1.82, 2.24) is 4.90 Å². The van der Waals surface area contributed by atoms with E-state index in [1.165, 1.54) is 11.3 Å². The molecule has 0 spiro atoms. The third kappa shape index (κ3) is 2.60. The molecule has 0 bridgehead atoms. The first-order valence-corrected chi connectivity index (χ1v) is 6.39. The molecule has 0 aliphatic carbocycles. The van der Waals surface area contributed by atoms with E-state index in [9.17, 15) is 0 Å². The van der Waals surface area contributed by atoms with Crippen LogP contribution in [0.4, 0.5) is 0 Å². The fraction of sp³-hybridized carbons (Fsp3) is 0.375. The maximum atomic E-state index is 4.05. The maximum Gasteiger partial charge on any atom is 0.0391 e. The first-order chi connectivity index (χ1) is 8.22. The summed E-state index contributed by atoms with van der Waals surface area (Å²) in [7, 11) is 0. The second kappa shape index (κ2) is 5.22. The minimum atomic E-state index is 1.05. The van der Waals surface area contributed by atoms with E-state index in [-0.39, 0.29) is 0 Å². The largest absolute Gasteiger partial charge is 0.371 e. The van der Waals surface area contributed by atoms with Crippen LogP contribution in [0.2, 0.25) is 0 Å². The standard InChI is InChI=1S/C16H21N/c1-4-14-12-17(13(2)3)11-10-16(14)15-8-6-5-7-9-15/h5-9H,2,4,10-12H2,1,3H3. The molecule has 0 fully saturated rings. The monoisotopic (exact) mass is 227 g/mol. The Labute approximate surface area is 104 Å². The number of rotatable bonds is 3. The summed E-state index contributed by atoms with van der Waals surface area (Å²) in [6.45, 7) is 10.5. The molecule has 1 nitrogen and oxygen atoms in total. The van der Waals surface area contributed by atoms with Crippen LogP contribution in [0, 0.1) is 0 Å². The van der Waals surface area contributed by atoms with Gasteiger partial charge in [-0.05, 0) is 36.5 Å². The highest BCUT2D eigenvalue weighted by molar-refractivity contribution is 5.70. The van der Waals surface area contributed by atoms with E-state index in [0.717, 1.165) is 25.9 Å². The molecule has 0 saturated heterocycles. The lowest BCUT2D eigenvalue weighted by molar-refractivity contribution is 0.367. The highest BCUT2D eigenvalue weighted by atomic mass is 15.1. The Hall–Kier alpha value is -1.50. The molecule has 17 heavy (non-hydrogen) atoms. The Bertz CT molecular complexity index is 428. The lowest BCUT2D eigenvalue weighted by Crippen LogP contribution is -2.29. The highest BCUT2D eigenvalue weighted by Crippen LogP contribution is 2.30. The quantitative estimate of drug-likeness (QED) is 0.751. The molecule has 90 valence electrons. The summed E-state index contributed by atoms with van der Waals surface area (Å²) < 4.78 is 0. The van der Waals surface area contributed by atoms with Gasteiger partial charge >= 0.3 is 0 Å². The normalized spacial score (nSPS) is 16.2. The molecule has 0 radical (unpaired) electrons. The summed E-state index contributed by atoms with van der Waals surface area (Å²) in [6, 6.07) is 10.8. The molecule has 2 rings (SSSR count). The van der Waals surface area contributed by atoms with Gasteiger partial charge in [-0.2, -0.15) is 0 Å². The van der Waals surface area contributed by atoms with Gasteiger partial charge in [-0.3, -0.25) is 0 Å². The Morgan fingerprint density at radius 1 is 1.29 bits per heavy atom. The van der Waals surface area contributed by atoms with Crippen LogP contribution in [0.25, 0.3) is 5.57 Å². The van der Waals surface area contributed by atoms with Gasteiger partial charge < -0.3 is 4.90 Å². The van der Waals surface area contributed by atoms with Gasteiger partial charge in [0.2, 0.25) is 0 Å². The number of nitrogens with zero attached hydrogens (tertiary/aromatic N) is 1. The van der Waals surface area contributed by atoms with Crippen molar-refractivity contribution < 1.29 is 0 Å². The fourth-order valence-electron chi connectivity index (χ4n) is 2.47. The molecule has 0 saturated carbocycles. The van der Waals surface area contributed by atoms with Gasteiger partial charge in [0.05, 0.1) is 0 Å². The molecule has 1 aliphatic rings. The van der Waals surface area contributed by atoms with Gasteiger partial charge in [0.1, 0.15) is 0 Å². The summed E-state index contributed by atoms with van der Waals surface area (Å²) >= 11 is 0. The topological polar surface area (TPSA) is 3.24 Å². The van der Waals surface area contributed by atoms with Gasteiger partial charge in [0.25, 0.3) is 0 Å². The predicted molar refractivity (Wildman–Crippen MR) is 74.7 cm³/mol. The van der Waals surface area contributed by atoms with Crippen molar-refractivity contribution in [2.45, 2.75) is 26.7 Å². The van der Waals surface area contributed by atoms with Crippen molar-refractivity contribution in [2.75, 3.05) is 13.1 Å². The van der Waals surface area contributed by atoms with Crippen LogP contribution < -0.4 is 0 Å². The zero-order valence-corrected chi connectivity index (χ0v) is 10.9. The molecule has 1 aliphatic heterocycles. The number of benzene rings is 1. The third-order valence-electron chi connectivity index (χ3n) is 3.53. The predicted octanol–water partition coefficient (Wildman–Crippen LogP) is 4.09. The van der Waals surface area contributed by atoms with E-state index in [4.69, 9.17) is 0 Å². The van der Waals surface area contributed by atoms with Crippen molar-refractivity contribution in [2.24, 2.45) is 0 Å². The molecule has 0 N–H and O–H groups in total. The summed E-state index contributed by atoms with van der Waals surface area (Å²) in [5.41, 5.74) is 5.69. The molecule has 0 unspecified atom stereocenters. The average molecular weight is 227 g/mol. The molecular formula is C16H21N. The lowest BCUT2D eigenvalue weighted by atomic mass is 9.92. The van der Waals surface area contributed by atoms with E-state index < -0.39 is 0 Å². The second-order valence-electron chi connectivity index (χ2n) is 4.71. The van der Waals surface area contributed by atoms with Crippen LogP contribution in [0.15, 0.2) is 48.2 Å². The Morgan fingerprint density at radius 3 is 2.59 bits per heavy atom. The molecule has 0 atom stereocenters. The molecule has 0 aromatic heterocycles. The van der Waals surface area contributed by atoms with Crippen molar-refractivity contribution in [1.29, 1.82) is 0 Å². The zero-order chi connectivity index (χ0) is 12.3. The average Bonchev–Trinajstić information content (AvgIpc) is 2.39. The van der Waals surface area contributed by atoms with Gasteiger partial charge in [-0.25, -0.2) is 0 Å². The Kier molecular flexibility index (Phi) is 3.68. The molecule has 1 heterocycles. The smallest absolute Gasteiger partial charge is 0.0391 e. The van der Waals surface area contributed by atoms with E-state index in [1.807, 2.05) is 0 Å². The van der Waals surface area contributed by atoms with Crippen LogP contribution in [0.1, 0.15) is 32.3 Å². The Balaban J connectivity index is 2.30. The van der Waals surface area contributed by atoms with E-state index >= 15 is 0 Å². The second-order valence-corrected chi connectivity index (χ2v) is 4.71. The summed E-state index contributed by atoms with van der Waals surface area (Å²) in [6.07, 6.45) is 2.27. The summed E-state index contributed by atoms with van der Waals surface area (Å²) in [4.78, 5) is 2.38. The summed E-state index contributed by atoms with van der Waals surface area (Å²) in [5, 5.41) is 0. The molecule has 1 aromatic carbocycles. The van der Waals surface area contributed by atoms with Gasteiger partial charge in [-0.15, -0.1) is 0 Å². The van der Waals surface area contributed by atoms with Crippen molar-refractivity contribution >= 4 is 5.57 Å². The van der Waals surface area contributed by atoms with E-state index in [2.05, 4.69) is 55.7 Å². The van der Waals surface area contributed by atoms with Crippen molar-refractivity contribution in [3.63, 3.8) is 0 Å². The minimum Gasteiger partial charge on any atom is -0.371 e. The summed E-state index contributed by atoms with van der Waals surface area (Å²) in [5.74, 6) is 0. The Morgan fingerprint density at radius 2 is 2.00 bits per heavy atom. The SMILES string of the molecule is C=C(C)N1CCC(c2ccccc2)=C(CC)C1. The first-order valence-electron chi connectivity index (χ1n) is 6.39. The van der Waals surface area contributed by atoms with Crippen molar-refractivity contribution in [3.05, 3.63) is 53.7 Å². The number of hydrogen-bond donors (Lipinski definition) is 0. The van der Waals surface area contributed by atoms with Crippen LogP contribution in [-0.4, -0.2) is 18.0 Å². The lowest BCUT2D eigenvalue weighted by Gasteiger charge is -2.32. The van der Waals surface area contributed by atoms with E-state index in [0.29, 0.717) is 0 Å². The van der Waals surface area contributed by atoms with Crippen LogP contribution in [-0.2, 0) is 0 Å². The zero-order valence-electron chi connectivity index (χ0n) is 10.9. The number of hydrogen-bond acceptors (Lipinski definition) is 1. The van der Waals surface area contributed by atoms with Gasteiger partial charge in [0, 0.05) is 18.8 Å². The maximum absolute atomic E-state index is 4.05. The van der Waals surface area contributed by atoms with E-state index in [1.54, 1.807) is 11.1 Å². The fourth-order valence-corrected chi connectivity index (χ4v) is 2.47. The molecule has 0 amide bonds. The van der Waals surface area contributed by atoms with Crippen LogP contribution in [0.5, 0.6) is 0 Å². The third-order valence-corrected chi connectivity index (χ3v) is 3.53. The van der Waals surface area contributed by atoms with Gasteiger partial charge in [-0.1, -0.05) is 43.8 Å². The van der Waals surface area contributed by atoms with Crippen LogP contribution >= 0.6 is 0 Å². The van der Waals surface area contributed by atoms with Crippen molar-refractivity contribution in [3.8, 4) is 0 Å². The van der Waals surface area contributed by atoms with Crippen LogP contribution in [0.3, 0.4) is 0 Å². The molecular weight excluding hydrogens is 206 g/mol. The first kappa shape index (κ1) is 12.0. The minimum absolute atomic E-state index is 1.05. The molecule has 1 heteroatoms. The number of allylic oxidation sites excluding steroid dienone is 1. The van der Waals surface area contributed by atoms with Gasteiger partial charge in [0.15, 0.2) is 0 Å². The highest BCUT2D eigenvalue weighted by Gasteiger charge is 2.18.